The van der Waals surface area contributed by atoms with Gasteiger partial charge in [0.2, 0.25) is 17.7 Å². The van der Waals surface area contributed by atoms with Crippen LogP contribution >= 0.6 is 15.9 Å². The lowest BCUT2D eigenvalue weighted by Crippen LogP contribution is -2.34. The van der Waals surface area contributed by atoms with Gasteiger partial charge in [0, 0.05) is 10.5 Å². The zero-order chi connectivity index (χ0) is 20.5. The van der Waals surface area contributed by atoms with Gasteiger partial charge in [0.1, 0.15) is 0 Å². The minimum absolute atomic E-state index is 0.0911. The van der Waals surface area contributed by atoms with E-state index in [9.17, 15) is 4.79 Å². The van der Waals surface area contributed by atoms with Crippen LogP contribution in [0.2, 0.25) is 0 Å². The van der Waals surface area contributed by atoms with E-state index in [0.717, 1.165) is 33.8 Å². The quantitative estimate of drug-likeness (QED) is 0.386. The van der Waals surface area contributed by atoms with E-state index in [1.54, 1.807) is 0 Å². The van der Waals surface area contributed by atoms with E-state index >= 15 is 0 Å². The number of rotatable bonds is 6. The van der Waals surface area contributed by atoms with Crippen LogP contribution < -0.4 is 0 Å². The molecule has 0 radical (unpaired) electrons. The summed E-state index contributed by atoms with van der Waals surface area (Å²) < 4.78 is 6.77. The summed E-state index contributed by atoms with van der Waals surface area (Å²) in [6.07, 6.45) is 2.41. The highest BCUT2D eigenvalue weighted by molar-refractivity contribution is 9.10. The summed E-state index contributed by atoms with van der Waals surface area (Å²) in [6.45, 7) is 0.342. The van der Waals surface area contributed by atoms with Gasteiger partial charge in [-0.15, -0.1) is 10.2 Å². The second kappa shape index (κ2) is 8.03. The van der Waals surface area contributed by atoms with E-state index in [2.05, 4.69) is 50.4 Å². The fourth-order valence-electron chi connectivity index (χ4n) is 3.64. The molecule has 5 nitrogen and oxygen atoms in total. The molecule has 0 atom stereocenters. The maximum Gasteiger partial charge on any atom is 0.248 e. The molecule has 150 valence electrons. The number of hydrogen-bond donors (Lipinski definition) is 0. The van der Waals surface area contributed by atoms with Gasteiger partial charge < -0.3 is 9.32 Å². The molecule has 1 aliphatic carbocycles. The number of aromatic nitrogens is 2. The van der Waals surface area contributed by atoms with Crippen molar-refractivity contribution in [1.82, 2.24) is 15.1 Å². The molecule has 0 spiro atoms. The molecule has 1 fully saturated rings. The van der Waals surface area contributed by atoms with E-state index in [1.165, 1.54) is 5.39 Å². The summed E-state index contributed by atoms with van der Waals surface area (Å²) in [5, 5.41) is 10.7. The smallest absolute Gasteiger partial charge is 0.248 e. The van der Waals surface area contributed by atoms with Crippen LogP contribution in [0.25, 0.3) is 22.2 Å². The Labute approximate surface area is 182 Å². The van der Waals surface area contributed by atoms with Gasteiger partial charge in [0.15, 0.2) is 0 Å². The van der Waals surface area contributed by atoms with E-state index in [4.69, 9.17) is 4.42 Å². The lowest BCUT2D eigenvalue weighted by molar-refractivity contribution is -0.132. The first-order chi connectivity index (χ1) is 14.7. The summed E-state index contributed by atoms with van der Waals surface area (Å²) in [5.41, 5.74) is 1.86. The highest BCUT2D eigenvalue weighted by Gasteiger charge is 2.33. The maximum atomic E-state index is 13.1. The molecule has 1 aliphatic rings. The maximum absolute atomic E-state index is 13.1. The van der Waals surface area contributed by atoms with Crippen molar-refractivity contribution in [3.63, 3.8) is 0 Å². The van der Waals surface area contributed by atoms with Crippen molar-refractivity contribution < 1.29 is 9.21 Å². The third-order valence-electron chi connectivity index (χ3n) is 5.35. The molecule has 0 saturated heterocycles. The summed E-state index contributed by atoms with van der Waals surface area (Å²) in [7, 11) is 0. The summed E-state index contributed by atoms with van der Waals surface area (Å²) in [5.74, 6) is 1.00. The fraction of sp³-hybridized carbons (Fsp3) is 0.208. The minimum atomic E-state index is 0.0911. The van der Waals surface area contributed by atoms with Crippen LogP contribution in [0.1, 0.15) is 24.3 Å². The van der Waals surface area contributed by atoms with Gasteiger partial charge in [-0.1, -0.05) is 54.6 Å². The van der Waals surface area contributed by atoms with Crippen LogP contribution in [0.4, 0.5) is 0 Å². The topological polar surface area (TPSA) is 59.2 Å². The number of nitrogens with zero attached hydrogens (tertiary/aromatic N) is 3. The Bertz CT molecular complexity index is 1220. The van der Waals surface area contributed by atoms with E-state index in [0.29, 0.717) is 24.7 Å². The van der Waals surface area contributed by atoms with Gasteiger partial charge in [0.25, 0.3) is 0 Å². The van der Waals surface area contributed by atoms with Gasteiger partial charge in [-0.25, -0.2) is 0 Å². The molecule has 1 amide bonds. The second-order valence-corrected chi connectivity index (χ2v) is 8.45. The molecule has 1 heterocycles. The molecule has 0 unspecified atom stereocenters. The molecule has 4 aromatic rings. The molecule has 30 heavy (non-hydrogen) atoms. The Hall–Kier alpha value is -2.99. The molecule has 6 heteroatoms. The van der Waals surface area contributed by atoms with Crippen molar-refractivity contribution in [2.75, 3.05) is 0 Å². The van der Waals surface area contributed by atoms with Gasteiger partial charge in [-0.2, -0.15) is 0 Å². The summed E-state index contributed by atoms with van der Waals surface area (Å²) in [6, 6.07) is 22.4. The minimum Gasteiger partial charge on any atom is -0.419 e. The van der Waals surface area contributed by atoms with Crippen molar-refractivity contribution >= 4 is 32.6 Å². The van der Waals surface area contributed by atoms with Crippen LogP contribution in [-0.2, 0) is 17.8 Å². The molecule has 3 aromatic carbocycles. The van der Waals surface area contributed by atoms with Crippen LogP contribution in [0, 0.1) is 0 Å². The Morgan fingerprint density at radius 2 is 1.77 bits per heavy atom. The standard InChI is InChI=1S/C24H20BrN3O2/c25-21-8-4-3-7-20(21)24-27-26-22(30-24)15-28(19-11-12-19)23(29)14-16-9-10-17-5-1-2-6-18(17)13-16/h1-10,13,19H,11-12,14-15H2. The lowest BCUT2D eigenvalue weighted by Gasteiger charge is -2.20. The van der Waals surface area contributed by atoms with E-state index in [-0.39, 0.29) is 11.9 Å². The first-order valence-corrected chi connectivity index (χ1v) is 10.8. The van der Waals surface area contributed by atoms with E-state index < -0.39 is 0 Å². The van der Waals surface area contributed by atoms with Crippen LogP contribution in [0.5, 0.6) is 0 Å². The molecular formula is C24H20BrN3O2. The van der Waals surface area contributed by atoms with Crippen molar-refractivity contribution in [2.24, 2.45) is 0 Å². The van der Waals surface area contributed by atoms with Crippen molar-refractivity contribution in [1.29, 1.82) is 0 Å². The predicted molar refractivity (Wildman–Crippen MR) is 119 cm³/mol. The van der Waals surface area contributed by atoms with E-state index in [1.807, 2.05) is 47.4 Å². The lowest BCUT2D eigenvalue weighted by atomic mass is 10.0. The van der Waals surface area contributed by atoms with Crippen molar-refractivity contribution in [2.45, 2.75) is 31.8 Å². The molecular weight excluding hydrogens is 442 g/mol. The molecule has 0 N–H and O–H groups in total. The predicted octanol–water partition coefficient (Wildman–Crippen LogP) is 5.39. The Morgan fingerprint density at radius 3 is 2.57 bits per heavy atom. The number of carbonyl (C=O) groups is 1. The first-order valence-electron chi connectivity index (χ1n) is 10.0. The zero-order valence-electron chi connectivity index (χ0n) is 16.3. The highest BCUT2D eigenvalue weighted by Crippen LogP contribution is 2.31. The average Bonchev–Trinajstić information content (AvgIpc) is 3.50. The van der Waals surface area contributed by atoms with Crippen LogP contribution in [0.15, 0.2) is 75.6 Å². The Balaban J connectivity index is 1.33. The molecule has 0 bridgehead atoms. The molecule has 0 aliphatic heterocycles. The number of hydrogen-bond acceptors (Lipinski definition) is 4. The first kappa shape index (κ1) is 19.0. The zero-order valence-corrected chi connectivity index (χ0v) is 17.9. The van der Waals surface area contributed by atoms with Crippen molar-refractivity contribution in [3.05, 3.63) is 82.7 Å². The number of halogens is 1. The summed E-state index contributed by atoms with van der Waals surface area (Å²) >= 11 is 3.51. The molecule has 1 saturated carbocycles. The summed E-state index contributed by atoms with van der Waals surface area (Å²) in [4.78, 5) is 15.0. The van der Waals surface area contributed by atoms with Gasteiger partial charge in [0.05, 0.1) is 18.5 Å². The number of amides is 1. The molecule has 5 rings (SSSR count). The number of benzene rings is 3. The second-order valence-electron chi connectivity index (χ2n) is 7.59. The Morgan fingerprint density at radius 1 is 1.00 bits per heavy atom. The number of carbonyl (C=O) groups excluding carboxylic acids is 1. The number of fused-ring (bicyclic) bond motifs is 1. The third-order valence-corrected chi connectivity index (χ3v) is 6.05. The largest absolute Gasteiger partial charge is 0.419 e. The van der Waals surface area contributed by atoms with Crippen LogP contribution in [0.3, 0.4) is 0 Å². The third kappa shape index (κ3) is 4.00. The van der Waals surface area contributed by atoms with Gasteiger partial charge >= 0.3 is 0 Å². The highest BCUT2D eigenvalue weighted by atomic mass is 79.9. The normalized spacial score (nSPS) is 13.5. The van der Waals surface area contributed by atoms with Gasteiger partial charge in [-0.05, 0) is 57.2 Å². The van der Waals surface area contributed by atoms with Crippen molar-refractivity contribution in [3.8, 4) is 11.5 Å². The SMILES string of the molecule is O=C(Cc1ccc2ccccc2c1)N(Cc1nnc(-c2ccccc2Br)o1)C1CC1. The monoisotopic (exact) mass is 461 g/mol. The van der Waals surface area contributed by atoms with Crippen LogP contribution in [-0.4, -0.2) is 27.0 Å². The fourth-order valence-corrected chi connectivity index (χ4v) is 4.09. The Kier molecular flexibility index (Phi) is 5.09. The average molecular weight is 462 g/mol. The van der Waals surface area contributed by atoms with Gasteiger partial charge in [-0.3, -0.25) is 4.79 Å². The molecule has 1 aromatic heterocycles.